The van der Waals surface area contributed by atoms with Gasteiger partial charge in [-0.2, -0.15) is 0 Å². The maximum atomic E-state index is 16.2. The van der Waals surface area contributed by atoms with Crippen molar-refractivity contribution in [3.63, 3.8) is 0 Å². The van der Waals surface area contributed by atoms with Gasteiger partial charge in [0.1, 0.15) is 17.5 Å². The minimum absolute atomic E-state index is 0.0823. The van der Waals surface area contributed by atoms with Crippen LogP contribution in [0.1, 0.15) is 51.1 Å². The van der Waals surface area contributed by atoms with Crippen LogP contribution < -0.4 is 10.6 Å². The topological polar surface area (TPSA) is 91.4 Å². The van der Waals surface area contributed by atoms with Gasteiger partial charge in [0.2, 0.25) is 0 Å². The first-order chi connectivity index (χ1) is 19.1. The Balaban J connectivity index is 1.69. The number of nitrogens with one attached hydrogen (secondary N) is 3. The fraction of sp³-hybridized carbons (Fsp3) is 0.250. The van der Waals surface area contributed by atoms with Gasteiger partial charge in [0.15, 0.2) is 5.65 Å². The number of pyridine rings is 3. The van der Waals surface area contributed by atoms with Gasteiger partial charge in [-0.3, -0.25) is 4.98 Å². The molecule has 0 spiro atoms. The van der Waals surface area contributed by atoms with Gasteiger partial charge < -0.3 is 15.6 Å². The third-order valence-corrected chi connectivity index (χ3v) is 6.34. The molecule has 4 aromatic rings. The summed E-state index contributed by atoms with van der Waals surface area (Å²) in [4.78, 5) is 21.1. The predicted molar refractivity (Wildman–Crippen MR) is 162 cm³/mol. The van der Waals surface area contributed by atoms with Gasteiger partial charge in [-0.25, -0.2) is 19.3 Å². The van der Waals surface area contributed by atoms with Crippen LogP contribution in [0.5, 0.6) is 0 Å². The molecular weight excluding hydrogens is 501 g/mol. The molecule has 0 saturated heterocycles. The van der Waals surface area contributed by atoms with Crippen molar-refractivity contribution >= 4 is 22.6 Å². The van der Waals surface area contributed by atoms with E-state index < -0.39 is 0 Å². The van der Waals surface area contributed by atoms with Gasteiger partial charge in [-0.15, -0.1) is 0 Å². The number of imidazole rings is 1. The van der Waals surface area contributed by atoms with Gasteiger partial charge >= 0.3 is 0 Å². The zero-order chi connectivity index (χ0) is 28.9. The zero-order valence-corrected chi connectivity index (χ0v) is 23.8. The Morgan fingerprint density at radius 1 is 1.12 bits per heavy atom. The van der Waals surface area contributed by atoms with Crippen LogP contribution in [0.3, 0.4) is 0 Å². The molecule has 0 aliphatic rings. The second-order valence-corrected chi connectivity index (χ2v) is 10.7. The van der Waals surface area contributed by atoms with Gasteiger partial charge in [0.05, 0.1) is 5.52 Å². The van der Waals surface area contributed by atoms with E-state index in [4.69, 9.17) is 0 Å². The Kier molecular flexibility index (Phi) is 8.58. The third kappa shape index (κ3) is 6.51. The summed E-state index contributed by atoms with van der Waals surface area (Å²) in [5, 5.41) is 6.34. The largest absolute Gasteiger partial charge is 0.373 e. The van der Waals surface area contributed by atoms with Crippen molar-refractivity contribution in [2.24, 2.45) is 5.41 Å². The van der Waals surface area contributed by atoms with Crippen molar-refractivity contribution in [2.45, 2.75) is 40.5 Å². The lowest BCUT2D eigenvalue weighted by Gasteiger charge is -2.21. The molecular formula is C32H36FN7. The molecule has 0 aromatic carbocycles. The van der Waals surface area contributed by atoms with Crippen LogP contribution in [0, 0.1) is 11.2 Å². The first kappa shape index (κ1) is 28.4. The molecule has 0 aliphatic heterocycles. The van der Waals surface area contributed by atoms with Crippen molar-refractivity contribution < 1.29 is 4.39 Å². The number of allylic oxidation sites excluding steroid dienone is 5. The second kappa shape index (κ2) is 12.1. The molecule has 0 amide bonds. The molecule has 4 rings (SSSR count). The lowest BCUT2D eigenvalue weighted by molar-refractivity contribution is 0.403. The number of halogens is 1. The Morgan fingerprint density at radius 3 is 2.52 bits per heavy atom. The fourth-order valence-electron chi connectivity index (χ4n) is 4.61. The number of rotatable bonds is 10. The van der Waals surface area contributed by atoms with Gasteiger partial charge in [0, 0.05) is 66.3 Å². The van der Waals surface area contributed by atoms with E-state index in [1.807, 2.05) is 37.3 Å². The first-order valence-corrected chi connectivity index (χ1v) is 13.2. The number of anilines is 1. The van der Waals surface area contributed by atoms with Crippen molar-refractivity contribution in [2.75, 3.05) is 12.4 Å². The van der Waals surface area contributed by atoms with Gasteiger partial charge in [-0.05, 0) is 60.2 Å². The molecule has 4 heterocycles. The van der Waals surface area contributed by atoms with E-state index in [9.17, 15) is 0 Å². The first-order valence-electron chi connectivity index (χ1n) is 13.2. The number of hydrogen-bond donors (Lipinski definition) is 3. The van der Waals surface area contributed by atoms with Gasteiger partial charge in [0.25, 0.3) is 0 Å². The number of nitrogens with zero attached hydrogens (tertiary/aromatic N) is 4. The number of hydrogen-bond acceptors (Lipinski definition) is 6. The molecule has 0 atom stereocenters. The van der Waals surface area contributed by atoms with E-state index >= 15 is 4.39 Å². The summed E-state index contributed by atoms with van der Waals surface area (Å²) in [6, 6.07) is 5.78. The zero-order valence-electron chi connectivity index (χ0n) is 23.8. The summed E-state index contributed by atoms with van der Waals surface area (Å²) in [6.07, 6.45) is 13.1. The van der Waals surface area contributed by atoms with Crippen molar-refractivity contribution in [1.29, 1.82) is 0 Å². The van der Waals surface area contributed by atoms with E-state index in [1.165, 1.54) is 0 Å². The SMILES string of the molecule is C=C/C(=C\C(=C/C)c1cnc(NC)c(Cc2nc3nccc(-c4ccncc4)c3[nH]2)c1F)NC(=C)CC(C)(C)C. The highest BCUT2D eigenvalue weighted by molar-refractivity contribution is 5.89. The van der Waals surface area contributed by atoms with Crippen molar-refractivity contribution in [3.8, 4) is 11.1 Å². The fourth-order valence-corrected chi connectivity index (χ4v) is 4.61. The number of aromatic nitrogens is 5. The van der Waals surface area contributed by atoms with Crippen LogP contribution in [0.4, 0.5) is 10.2 Å². The smallest absolute Gasteiger partial charge is 0.178 e. The van der Waals surface area contributed by atoms with Crippen molar-refractivity contribution in [1.82, 2.24) is 30.2 Å². The van der Waals surface area contributed by atoms with E-state index in [1.54, 1.807) is 37.9 Å². The number of fused-ring (bicyclic) bond motifs is 1. The summed E-state index contributed by atoms with van der Waals surface area (Å²) in [5.74, 6) is 0.662. The Hall–Kier alpha value is -4.59. The highest BCUT2D eigenvalue weighted by Gasteiger charge is 2.20. The van der Waals surface area contributed by atoms with Crippen LogP contribution in [-0.2, 0) is 6.42 Å². The molecule has 0 bridgehead atoms. The summed E-state index contributed by atoms with van der Waals surface area (Å²) in [7, 11) is 1.73. The average molecular weight is 538 g/mol. The third-order valence-electron chi connectivity index (χ3n) is 6.34. The predicted octanol–water partition coefficient (Wildman–Crippen LogP) is 7.20. The molecule has 8 heteroatoms. The van der Waals surface area contributed by atoms with E-state index in [-0.39, 0.29) is 17.7 Å². The highest BCUT2D eigenvalue weighted by atomic mass is 19.1. The van der Waals surface area contributed by atoms with E-state index in [0.29, 0.717) is 34.0 Å². The second-order valence-electron chi connectivity index (χ2n) is 10.7. The minimum Gasteiger partial charge on any atom is -0.373 e. The standard InChI is InChI=1S/C32H36FN7/c1-8-21(16-23(9-2)38-20(3)18-32(4,5)6)26-19-37-30(34-7)25(28(26)33)17-27-39-29-24(12-15-36-31(29)40-27)22-10-13-35-14-11-22/h8-16,19,38H,2-3,17-18H2,1,4-7H3,(H,34,37)(H,36,39,40)/b21-8+,23-16+. The van der Waals surface area contributed by atoms with Crippen LogP contribution in [-0.4, -0.2) is 32.0 Å². The summed E-state index contributed by atoms with van der Waals surface area (Å²) in [5.41, 5.74) is 6.42. The van der Waals surface area contributed by atoms with Gasteiger partial charge in [-0.1, -0.05) is 40.0 Å². The normalized spacial score (nSPS) is 12.4. The quantitative estimate of drug-likeness (QED) is 0.185. The maximum absolute atomic E-state index is 16.2. The van der Waals surface area contributed by atoms with Crippen LogP contribution >= 0.6 is 0 Å². The molecule has 3 N–H and O–H groups in total. The van der Waals surface area contributed by atoms with Crippen molar-refractivity contribution in [3.05, 3.63) is 109 Å². The molecule has 40 heavy (non-hydrogen) atoms. The molecule has 0 aliphatic carbocycles. The lowest BCUT2D eigenvalue weighted by atomic mass is 9.91. The monoisotopic (exact) mass is 537 g/mol. The van der Waals surface area contributed by atoms with Crippen LogP contribution in [0.2, 0.25) is 0 Å². The van der Waals surface area contributed by atoms with Crippen LogP contribution in [0.25, 0.3) is 27.9 Å². The summed E-state index contributed by atoms with van der Waals surface area (Å²) < 4.78 is 16.2. The Labute approximate surface area is 235 Å². The molecule has 0 saturated carbocycles. The van der Waals surface area contributed by atoms with E-state index in [0.717, 1.165) is 34.5 Å². The van der Waals surface area contributed by atoms with Crippen LogP contribution in [0.15, 0.2) is 85.8 Å². The summed E-state index contributed by atoms with van der Waals surface area (Å²) in [6.45, 7) is 16.4. The molecule has 0 unspecified atom stereocenters. The average Bonchev–Trinajstić information content (AvgIpc) is 3.34. The molecule has 4 aromatic heterocycles. The number of aromatic amines is 1. The summed E-state index contributed by atoms with van der Waals surface area (Å²) >= 11 is 0. The van der Waals surface area contributed by atoms with E-state index in [2.05, 4.69) is 69.5 Å². The maximum Gasteiger partial charge on any atom is 0.178 e. The molecule has 0 radical (unpaired) electrons. The lowest BCUT2D eigenvalue weighted by Crippen LogP contribution is -2.16. The highest BCUT2D eigenvalue weighted by Crippen LogP contribution is 2.30. The minimum atomic E-state index is -0.372. The Morgan fingerprint density at radius 2 is 1.88 bits per heavy atom. The molecule has 7 nitrogen and oxygen atoms in total. The Bertz CT molecular complexity index is 1590. The number of H-pyrrole nitrogens is 1. The molecule has 206 valence electrons. The molecule has 0 fully saturated rings.